The number of fused-ring (bicyclic) bond motifs is 1. The molecule has 2 aliphatic carbocycles. The Morgan fingerprint density at radius 3 is 2.39 bits per heavy atom. The van der Waals surface area contributed by atoms with Crippen molar-refractivity contribution in [3.63, 3.8) is 0 Å². The van der Waals surface area contributed by atoms with Gasteiger partial charge in [-0.15, -0.1) is 0 Å². The van der Waals surface area contributed by atoms with Gasteiger partial charge in [-0.05, 0) is 52.4 Å². The zero-order valence-corrected chi connectivity index (χ0v) is 14.1. The monoisotopic (exact) mass is 327 g/mol. The van der Waals surface area contributed by atoms with E-state index in [1.807, 2.05) is 0 Å². The fourth-order valence-electron chi connectivity index (χ4n) is 4.06. The molecule has 7 nitrogen and oxygen atoms in total. The highest BCUT2D eigenvalue weighted by Crippen LogP contribution is 2.58. The molecule has 0 saturated heterocycles. The largest absolute Gasteiger partial charge is 0.481 e. The van der Waals surface area contributed by atoms with Gasteiger partial charge in [-0.1, -0.05) is 6.42 Å². The number of alkyl carbamates (subject to hydrolysis) is 1. The molecule has 130 valence electrons. The van der Waals surface area contributed by atoms with E-state index in [0.717, 1.165) is 12.8 Å². The van der Waals surface area contributed by atoms with Crippen molar-refractivity contribution in [2.45, 2.75) is 64.0 Å². The number of ether oxygens (including phenoxy) is 2. The van der Waals surface area contributed by atoms with Crippen molar-refractivity contribution >= 4 is 18.0 Å². The van der Waals surface area contributed by atoms with Gasteiger partial charge in [-0.25, -0.2) is 9.59 Å². The van der Waals surface area contributed by atoms with E-state index in [9.17, 15) is 19.5 Å². The molecule has 7 heteroatoms. The van der Waals surface area contributed by atoms with E-state index < -0.39 is 34.6 Å². The van der Waals surface area contributed by atoms with Crippen molar-refractivity contribution in [3.05, 3.63) is 0 Å². The number of amides is 1. The van der Waals surface area contributed by atoms with Crippen LogP contribution in [0.5, 0.6) is 0 Å². The summed E-state index contributed by atoms with van der Waals surface area (Å²) >= 11 is 0. The number of esters is 1. The highest BCUT2D eigenvalue weighted by atomic mass is 16.6. The molecule has 2 saturated carbocycles. The Balaban J connectivity index is 2.27. The first kappa shape index (κ1) is 17.6. The zero-order valence-electron chi connectivity index (χ0n) is 14.1. The number of aliphatic carboxylic acids is 1. The van der Waals surface area contributed by atoms with Gasteiger partial charge in [-0.2, -0.15) is 0 Å². The third-order valence-corrected chi connectivity index (χ3v) is 4.91. The summed E-state index contributed by atoms with van der Waals surface area (Å²) in [5, 5.41) is 12.3. The van der Waals surface area contributed by atoms with Crippen molar-refractivity contribution in [3.8, 4) is 0 Å². The molecular weight excluding hydrogens is 302 g/mol. The maximum atomic E-state index is 12.3. The van der Waals surface area contributed by atoms with E-state index in [-0.39, 0.29) is 18.8 Å². The predicted molar refractivity (Wildman–Crippen MR) is 80.8 cm³/mol. The lowest BCUT2D eigenvalue weighted by Crippen LogP contribution is -2.55. The molecule has 2 fully saturated rings. The summed E-state index contributed by atoms with van der Waals surface area (Å²) in [4.78, 5) is 36.3. The molecule has 0 aliphatic heterocycles. The molecule has 2 aliphatic rings. The molecule has 0 bridgehead atoms. The topological polar surface area (TPSA) is 102 Å². The van der Waals surface area contributed by atoms with E-state index in [1.54, 1.807) is 20.8 Å². The lowest BCUT2D eigenvalue weighted by atomic mass is 9.79. The Kier molecular flexibility index (Phi) is 4.34. The van der Waals surface area contributed by atoms with Crippen LogP contribution in [-0.2, 0) is 19.1 Å². The van der Waals surface area contributed by atoms with Crippen molar-refractivity contribution in [2.24, 2.45) is 11.3 Å². The maximum Gasteiger partial charge on any atom is 0.408 e. The number of hydrogen-bond donors (Lipinski definition) is 2. The summed E-state index contributed by atoms with van der Waals surface area (Å²) < 4.78 is 10.1. The maximum absolute atomic E-state index is 12.3. The standard InChI is InChI=1S/C16H25NO6/c1-14(2,3)23-13(21)17-16(12(20)22-4)8-10-6-5-7-15(10,9-16)11(18)19/h10H,5-9H2,1-4H3,(H,17,21)(H,18,19)/t10-,15-,16?/m0/s1. The van der Waals surface area contributed by atoms with Gasteiger partial charge in [0.05, 0.1) is 12.5 Å². The van der Waals surface area contributed by atoms with Gasteiger partial charge in [0.1, 0.15) is 11.1 Å². The average molecular weight is 327 g/mol. The second-order valence-corrected chi connectivity index (χ2v) is 7.63. The quantitative estimate of drug-likeness (QED) is 0.770. The van der Waals surface area contributed by atoms with Crippen LogP contribution >= 0.6 is 0 Å². The molecule has 1 unspecified atom stereocenters. The lowest BCUT2D eigenvalue weighted by Gasteiger charge is -2.31. The molecular formula is C16H25NO6. The van der Waals surface area contributed by atoms with Crippen molar-refractivity contribution in [1.29, 1.82) is 0 Å². The predicted octanol–water partition coefficient (Wildman–Crippen LogP) is 2.09. The number of nitrogens with one attached hydrogen (secondary N) is 1. The molecule has 0 spiro atoms. The van der Waals surface area contributed by atoms with E-state index in [1.165, 1.54) is 7.11 Å². The van der Waals surface area contributed by atoms with Crippen LogP contribution in [0.2, 0.25) is 0 Å². The number of hydrogen-bond acceptors (Lipinski definition) is 5. The lowest BCUT2D eigenvalue weighted by molar-refractivity contribution is -0.152. The van der Waals surface area contributed by atoms with Crippen LogP contribution in [0, 0.1) is 11.3 Å². The molecule has 2 rings (SSSR count). The summed E-state index contributed by atoms with van der Waals surface area (Å²) in [6.07, 6.45) is 1.66. The van der Waals surface area contributed by atoms with Gasteiger partial charge >= 0.3 is 18.0 Å². The van der Waals surface area contributed by atoms with Crippen LogP contribution in [0.3, 0.4) is 0 Å². The van der Waals surface area contributed by atoms with Crippen molar-refractivity contribution in [2.75, 3.05) is 7.11 Å². The summed E-state index contributed by atoms with van der Waals surface area (Å²) in [5.41, 5.74) is -3.01. The van der Waals surface area contributed by atoms with E-state index in [0.29, 0.717) is 6.42 Å². The Labute approximate surface area is 135 Å². The van der Waals surface area contributed by atoms with E-state index >= 15 is 0 Å². The number of methoxy groups -OCH3 is 1. The first-order valence-corrected chi connectivity index (χ1v) is 7.88. The smallest absolute Gasteiger partial charge is 0.408 e. The van der Waals surface area contributed by atoms with Gasteiger partial charge in [-0.3, -0.25) is 4.79 Å². The summed E-state index contributed by atoms with van der Waals surface area (Å²) in [7, 11) is 1.24. The van der Waals surface area contributed by atoms with Crippen LogP contribution in [0.4, 0.5) is 4.79 Å². The average Bonchev–Trinajstić information content (AvgIpc) is 2.91. The summed E-state index contributed by atoms with van der Waals surface area (Å²) in [6.45, 7) is 5.17. The molecule has 1 amide bonds. The van der Waals surface area contributed by atoms with Gasteiger partial charge in [0.2, 0.25) is 0 Å². The first-order chi connectivity index (χ1) is 10.5. The third kappa shape index (κ3) is 3.14. The van der Waals surface area contributed by atoms with Gasteiger partial charge in [0.25, 0.3) is 0 Å². The number of rotatable bonds is 3. The van der Waals surface area contributed by atoms with Gasteiger partial charge in [0, 0.05) is 0 Å². The molecule has 0 aromatic heterocycles. The molecule has 0 heterocycles. The molecule has 2 N–H and O–H groups in total. The van der Waals surface area contributed by atoms with Crippen LogP contribution in [0.1, 0.15) is 52.9 Å². The number of carboxylic acids is 1. The third-order valence-electron chi connectivity index (χ3n) is 4.91. The minimum absolute atomic E-state index is 0.0475. The molecule has 0 aromatic rings. The fraction of sp³-hybridized carbons (Fsp3) is 0.812. The Morgan fingerprint density at radius 1 is 1.26 bits per heavy atom. The van der Waals surface area contributed by atoms with Gasteiger partial charge < -0.3 is 19.9 Å². The van der Waals surface area contributed by atoms with E-state index in [4.69, 9.17) is 9.47 Å². The van der Waals surface area contributed by atoms with Gasteiger partial charge in [0.15, 0.2) is 0 Å². The molecule has 23 heavy (non-hydrogen) atoms. The summed E-state index contributed by atoms with van der Waals surface area (Å²) in [5.74, 6) is -1.66. The second kappa shape index (κ2) is 5.69. The highest BCUT2D eigenvalue weighted by molar-refractivity contribution is 5.89. The molecule has 0 radical (unpaired) electrons. The minimum Gasteiger partial charge on any atom is -0.481 e. The summed E-state index contributed by atoms with van der Waals surface area (Å²) in [6, 6.07) is 0. The van der Waals surface area contributed by atoms with Crippen molar-refractivity contribution in [1.82, 2.24) is 5.32 Å². The van der Waals surface area contributed by atoms with Crippen LogP contribution in [0.25, 0.3) is 0 Å². The molecule has 0 aromatic carbocycles. The van der Waals surface area contributed by atoms with Crippen molar-refractivity contribution < 1.29 is 29.0 Å². The van der Waals surface area contributed by atoms with E-state index in [2.05, 4.69) is 5.32 Å². The minimum atomic E-state index is -1.33. The Bertz CT molecular complexity index is 525. The van der Waals surface area contributed by atoms with Crippen LogP contribution in [0.15, 0.2) is 0 Å². The zero-order chi connectivity index (χ0) is 17.5. The number of carboxylic acid groups (broad SMARTS) is 1. The Morgan fingerprint density at radius 2 is 1.91 bits per heavy atom. The SMILES string of the molecule is COC(=O)C1(NC(=O)OC(C)(C)C)C[C@@H]2CCC[C@]2(C(=O)O)C1. The van der Waals surface area contributed by atoms with Crippen LogP contribution in [-0.4, -0.2) is 41.4 Å². The number of carbonyl (C=O) groups excluding carboxylic acids is 2. The second-order valence-electron chi connectivity index (χ2n) is 7.63. The van der Waals surface area contributed by atoms with Crippen LogP contribution < -0.4 is 5.32 Å². The molecule has 3 atom stereocenters. The highest BCUT2D eigenvalue weighted by Gasteiger charge is 2.64. The number of carbonyl (C=O) groups is 3. The first-order valence-electron chi connectivity index (χ1n) is 7.88. The fourth-order valence-corrected chi connectivity index (χ4v) is 4.06. The normalized spacial score (nSPS) is 33.0. The Hall–Kier alpha value is -1.79.